The Morgan fingerprint density at radius 1 is 0.879 bits per heavy atom. The van der Waals surface area contributed by atoms with Gasteiger partial charge in [0.05, 0.1) is 16.4 Å². The molecule has 3 amide bonds. The summed E-state index contributed by atoms with van der Waals surface area (Å²) in [6, 6.07) is 18.0. The lowest BCUT2D eigenvalue weighted by Crippen LogP contribution is -2.32. The number of anilines is 3. The Bertz CT molecular complexity index is 1340. The van der Waals surface area contributed by atoms with Crippen molar-refractivity contribution in [2.45, 2.75) is 0 Å². The van der Waals surface area contributed by atoms with E-state index in [2.05, 4.69) is 26.6 Å². The van der Waals surface area contributed by atoms with Crippen LogP contribution in [0.5, 0.6) is 0 Å². The Kier molecular flexibility index (Phi) is 6.76. The maximum absolute atomic E-state index is 13.0. The molecule has 3 aromatic carbocycles. The molecule has 0 radical (unpaired) electrons. The minimum atomic E-state index is -0.726. The lowest BCUT2D eigenvalue weighted by atomic mass is 10.1. The van der Waals surface area contributed by atoms with E-state index in [1.54, 1.807) is 36.4 Å². The Morgan fingerprint density at radius 2 is 1.64 bits per heavy atom. The lowest BCUT2D eigenvalue weighted by molar-refractivity contribution is -0.120. The van der Waals surface area contributed by atoms with Gasteiger partial charge >= 0.3 is 0 Å². The molecule has 0 saturated heterocycles. The monoisotopic (exact) mass is 563 g/mol. The number of amides is 3. The molecule has 6 nitrogen and oxygen atoms in total. The minimum absolute atomic E-state index is 0.126. The van der Waals surface area contributed by atoms with Gasteiger partial charge in [0.15, 0.2) is 0 Å². The lowest BCUT2D eigenvalue weighted by Gasteiger charge is -2.16. The van der Waals surface area contributed by atoms with Gasteiger partial charge in [-0.15, -0.1) is 0 Å². The molecule has 33 heavy (non-hydrogen) atoms. The first-order valence-corrected chi connectivity index (χ1v) is 11.4. The van der Waals surface area contributed by atoms with Gasteiger partial charge in [-0.3, -0.25) is 14.4 Å². The summed E-state index contributed by atoms with van der Waals surface area (Å²) in [4.78, 5) is 39.2. The predicted molar refractivity (Wildman–Crippen MR) is 134 cm³/mol. The smallest absolute Gasteiger partial charge is 0.283 e. The van der Waals surface area contributed by atoms with Gasteiger partial charge in [-0.1, -0.05) is 53.0 Å². The zero-order valence-electron chi connectivity index (χ0n) is 16.5. The first-order chi connectivity index (χ1) is 15.8. The normalized spacial score (nSPS) is 13.5. The Balaban J connectivity index is 1.56. The van der Waals surface area contributed by atoms with Crippen LogP contribution in [-0.2, 0) is 9.59 Å². The van der Waals surface area contributed by atoms with Crippen LogP contribution in [0.2, 0.25) is 10.0 Å². The summed E-state index contributed by atoms with van der Waals surface area (Å²) >= 11 is 21.6. The fourth-order valence-corrected chi connectivity index (χ4v) is 4.22. The Morgan fingerprint density at radius 3 is 2.36 bits per heavy atom. The summed E-state index contributed by atoms with van der Waals surface area (Å²) < 4.78 is 0.737. The summed E-state index contributed by atoms with van der Waals surface area (Å²) in [6.45, 7) is 0. The van der Waals surface area contributed by atoms with E-state index in [1.165, 1.54) is 18.2 Å². The van der Waals surface area contributed by atoms with Crippen molar-refractivity contribution in [3.63, 3.8) is 0 Å². The Labute approximate surface area is 212 Å². The number of hydrogen-bond acceptors (Lipinski definition) is 4. The molecule has 2 N–H and O–H groups in total. The zero-order valence-corrected chi connectivity index (χ0v) is 20.4. The molecule has 10 heteroatoms. The number of para-hydroxylation sites is 1. The molecule has 1 heterocycles. The van der Waals surface area contributed by atoms with Crippen LogP contribution in [0.4, 0.5) is 17.1 Å². The van der Waals surface area contributed by atoms with Crippen LogP contribution in [0.3, 0.4) is 0 Å². The van der Waals surface area contributed by atoms with Crippen LogP contribution in [0.1, 0.15) is 10.4 Å². The van der Waals surface area contributed by atoms with Gasteiger partial charge in [-0.05, 0) is 64.5 Å². The predicted octanol–water partition coefficient (Wildman–Crippen LogP) is 6.44. The molecule has 0 saturated carbocycles. The minimum Gasteiger partial charge on any atom is -0.350 e. The topological polar surface area (TPSA) is 78.5 Å². The molecule has 4 rings (SSSR count). The van der Waals surface area contributed by atoms with Gasteiger partial charge in [0.2, 0.25) is 0 Å². The van der Waals surface area contributed by atoms with E-state index in [9.17, 15) is 14.4 Å². The molecule has 0 aliphatic carbocycles. The van der Waals surface area contributed by atoms with E-state index < -0.39 is 11.8 Å². The number of hydrogen-bond donors (Lipinski definition) is 2. The van der Waals surface area contributed by atoms with E-state index >= 15 is 0 Å². The van der Waals surface area contributed by atoms with Crippen molar-refractivity contribution in [1.29, 1.82) is 0 Å². The summed E-state index contributed by atoms with van der Waals surface area (Å²) in [6.07, 6.45) is 0. The highest BCUT2D eigenvalue weighted by Crippen LogP contribution is 2.35. The van der Waals surface area contributed by atoms with Crippen LogP contribution in [0.15, 0.2) is 81.9 Å². The number of rotatable bonds is 5. The fourth-order valence-electron chi connectivity index (χ4n) is 3.13. The molecule has 0 aromatic heterocycles. The third-order valence-electron chi connectivity index (χ3n) is 4.69. The van der Waals surface area contributed by atoms with E-state index in [0.717, 1.165) is 9.37 Å². The molecule has 0 bridgehead atoms. The number of carbonyl (C=O) groups is 3. The van der Waals surface area contributed by atoms with E-state index in [0.29, 0.717) is 22.0 Å². The second-order valence-corrected chi connectivity index (χ2v) is 8.95. The highest BCUT2D eigenvalue weighted by molar-refractivity contribution is 9.10. The quantitative estimate of drug-likeness (QED) is 0.349. The summed E-state index contributed by atoms with van der Waals surface area (Å²) in [5, 5.41) is 5.84. The molecule has 3 aromatic rings. The fraction of sp³-hybridized carbons (Fsp3) is 0. The molecule has 1 aliphatic rings. The average molecular weight is 566 g/mol. The van der Waals surface area contributed by atoms with Crippen LogP contribution >= 0.6 is 50.7 Å². The number of nitrogens with zero attached hydrogens (tertiary/aromatic N) is 1. The number of nitrogens with one attached hydrogen (secondary N) is 2. The van der Waals surface area contributed by atoms with Crippen LogP contribution in [-0.4, -0.2) is 17.7 Å². The zero-order chi connectivity index (χ0) is 23.7. The number of carbonyl (C=O) groups excluding carboxylic acids is 3. The van der Waals surface area contributed by atoms with E-state index in [-0.39, 0.29) is 27.3 Å². The van der Waals surface area contributed by atoms with Gasteiger partial charge in [-0.2, -0.15) is 0 Å². The summed E-state index contributed by atoms with van der Waals surface area (Å²) in [7, 11) is 0. The highest BCUT2D eigenvalue weighted by atomic mass is 79.9. The van der Waals surface area contributed by atoms with Crippen molar-refractivity contribution in [1.82, 2.24) is 0 Å². The molecular formula is C23H13BrCl3N3O3. The van der Waals surface area contributed by atoms with E-state index in [1.807, 2.05) is 12.1 Å². The molecule has 0 atom stereocenters. The molecule has 166 valence electrons. The van der Waals surface area contributed by atoms with Crippen LogP contribution in [0, 0.1) is 0 Å². The third kappa shape index (κ3) is 4.77. The van der Waals surface area contributed by atoms with Crippen molar-refractivity contribution >= 4 is 85.5 Å². The molecule has 0 unspecified atom stereocenters. The number of halogens is 4. The van der Waals surface area contributed by atoms with Crippen molar-refractivity contribution in [2.75, 3.05) is 15.5 Å². The maximum Gasteiger partial charge on any atom is 0.283 e. The van der Waals surface area contributed by atoms with Crippen LogP contribution in [0.25, 0.3) is 0 Å². The van der Waals surface area contributed by atoms with Gasteiger partial charge in [0.1, 0.15) is 10.7 Å². The maximum atomic E-state index is 13.0. The first kappa shape index (κ1) is 23.3. The summed E-state index contributed by atoms with van der Waals surface area (Å²) in [5.74, 6) is -1.76. The van der Waals surface area contributed by atoms with Gasteiger partial charge < -0.3 is 10.6 Å². The molecule has 0 spiro atoms. The molecule has 1 aliphatic heterocycles. The number of imide groups is 1. The van der Waals surface area contributed by atoms with Gasteiger partial charge in [0, 0.05) is 20.7 Å². The van der Waals surface area contributed by atoms with Gasteiger partial charge in [0.25, 0.3) is 17.7 Å². The SMILES string of the molecule is O=C(Nc1ccccc1Br)c1cccc(NC2=C(Cl)C(=O)N(c3ccc(Cl)cc3Cl)C2=O)c1. The standard InChI is InChI=1S/C23H13BrCl3N3O3/c24-15-6-1-2-7-17(15)29-21(31)12-4-3-5-14(10-12)28-20-19(27)22(32)30(23(20)33)18-9-8-13(25)11-16(18)26/h1-11,28H,(H,29,31). The molecular weight excluding hydrogens is 553 g/mol. The summed E-state index contributed by atoms with van der Waals surface area (Å²) in [5.41, 5.74) is 1.37. The van der Waals surface area contributed by atoms with Crippen molar-refractivity contribution in [3.05, 3.63) is 97.5 Å². The highest BCUT2D eigenvalue weighted by Gasteiger charge is 2.39. The van der Waals surface area contributed by atoms with Crippen LogP contribution < -0.4 is 15.5 Å². The van der Waals surface area contributed by atoms with Crippen molar-refractivity contribution in [3.8, 4) is 0 Å². The first-order valence-electron chi connectivity index (χ1n) is 9.43. The third-order valence-corrected chi connectivity index (χ3v) is 6.27. The largest absolute Gasteiger partial charge is 0.350 e. The molecule has 0 fully saturated rings. The van der Waals surface area contributed by atoms with E-state index in [4.69, 9.17) is 34.8 Å². The second kappa shape index (κ2) is 9.57. The van der Waals surface area contributed by atoms with Gasteiger partial charge in [-0.25, -0.2) is 4.90 Å². The number of benzene rings is 3. The second-order valence-electron chi connectivity index (χ2n) is 6.87. The average Bonchev–Trinajstić information content (AvgIpc) is 2.99. The van der Waals surface area contributed by atoms with Crippen molar-refractivity contribution in [2.24, 2.45) is 0 Å². The van der Waals surface area contributed by atoms with Crippen molar-refractivity contribution < 1.29 is 14.4 Å². The Hall–Kier alpha value is -2.84.